The fourth-order valence-electron chi connectivity index (χ4n) is 8.51. The number of imide groups is 4. The van der Waals surface area contributed by atoms with Gasteiger partial charge in [0.1, 0.15) is 0 Å². The van der Waals surface area contributed by atoms with Crippen molar-refractivity contribution in [1.82, 2.24) is 72.5 Å². The minimum Gasteiger partial charge on any atom is -0.446 e. The molecule has 95 heavy (non-hydrogen) atoms. The van der Waals surface area contributed by atoms with E-state index >= 15 is 0 Å². The molecular weight excluding hydrogens is 1240 g/mol. The number of nitrogens with zero attached hydrogens (tertiary/aromatic N) is 12. The standard InChI is InChI=1S/C12H22N4O2.C12H21N3O3.C11H23N3O2.C11H22N2O3.C9H14N2O4.C8H14N2O2/c1-7(2)13-10-14-11(17)16(9(5)6)12(18)15(10)8(3)4;1-7(2)13-10(16)14(8(3)4)12(18)15(9(5)6)11(13)17;1-7(2)12-10(15)14(9(5)6)11(16)13-8(3)4;1-7(2)12-10(14)13(8(3)4)11(15)16-9(5)6;1-5(2)10-7(12)11(6(3)4)9(14)15-8(10)13;1-5(2)9-7(11)10(6(3)4)8(9)12/h7-9H,1-6H3,(H,13,14,17);7-9H,1-6H3;7-9H,1-6H3,(H,12,15)(H,13,16);7-9H,1-6H3,(H,12,14);5-6H,1-4H3;5-6H,1-4H3. The van der Waals surface area contributed by atoms with E-state index in [1.54, 1.807) is 125 Å². The molecule has 0 unspecified atom stereocenters. The Kier molecular flexibility index (Phi) is 36.9. The highest BCUT2D eigenvalue weighted by Crippen LogP contribution is 2.22. The lowest BCUT2D eigenvalue weighted by Crippen LogP contribution is -2.67. The van der Waals surface area contributed by atoms with Crippen LogP contribution in [0.25, 0.3) is 0 Å². The second-order valence-corrected chi connectivity index (χ2v) is 27.0. The number of carbonyl (C=O) groups excluding carboxylic acids is 6. The van der Waals surface area contributed by atoms with Crippen LogP contribution in [0.1, 0.15) is 264 Å². The van der Waals surface area contributed by atoms with Crippen LogP contribution in [-0.2, 0) is 4.74 Å². The highest BCUT2D eigenvalue weighted by molar-refractivity contribution is 6.12. The molecule has 1 fully saturated rings. The minimum atomic E-state index is -0.906. The smallest absolute Gasteiger partial charge is 0.427 e. The predicted molar refractivity (Wildman–Crippen MR) is 368 cm³/mol. The lowest BCUT2D eigenvalue weighted by atomic mass is 10.2. The van der Waals surface area contributed by atoms with E-state index in [0.717, 1.165) is 27.7 Å². The van der Waals surface area contributed by atoms with Crippen molar-refractivity contribution >= 4 is 42.2 Å². The molecule has 0 radical (unpaired) electrons. The molecule has 1 aliphatic heterocycles. The van der Waals surface area contributed by atoms with Crippen LogP contribution in [0.5, 0.6) is 0 Å². The number of urea groups is 5. The van der Waals surface area contributed by atoms with Crippen LogP contribution in [0.4, 0.5) is 34.7 Å². The lowest BCUT2D eigenvalue weighted by molar-refractivity contribution is 0.0769. The summed E-state index contributed by atoms with van der Waals surface area (Å²) in [5, 5.41) is 11.1. The molecule has 0 aliphatic carbocycles. The Labute approximate surface area is 558 Å². The molecular formula is C63H116N16O16. The van der Waals surface area contributed by atoms with Gasteiger partial charge in [0.25, 0.3) is 0 Å². The number of hydrogen-bond donors (Lipinski definition) is 4. The fraction of sp³-hybridized carbons (Fsp3) is 0.762. The first-order chi connectivity index (χ1) is 43.3. The topological polar surface area (TPSA) is 370 Å². The monoisotopic (exact) mass is 1350 g/mol. The first-order valence-electron chi connectivity index (χ1n) is 32.5. The van der Waals surface area contributed by atoms with Gasteiger partial charge >= 0.3 is 81.9 Å². The third kappa shape index (κ3) is 26.1. The number of anilines is 1. The van der Waals surface area contributed by atoms with Crippen LogP contribution < -0.4 is 66.9 Å². The molecule has 3 aromatic heterocycles. The summed E-state index contributed by atoms with van der Waals surface area (Å²) in [4.78, 5) is 173. The molecule has 3 aromatic rings. The maximum atomic E-state index is 12.3. The number of amides is 11. The Morgan fingerprint density at radius 3 is 0.842 bits per heavy atom. The average Bonchev–Trinajstić information content (AvgIpc) is 0.784. The molecule has 0 aromatic carbocycles. The molecule has 11 amide bonds. The lowest BCUT2D eigenvalue weighted by Gasteiger charge is -2.43. The van der Waals surface area contributed by atoms with Gasteiger partial charge in [-0.2, -0.15) is 4.98 Å². The quantitative estimate of drug-likeness (QED) is 0.0985. The van der Waals surface area contributed by atoms with E-state index < -0.39 is 52.1 Å². The molecule has 4 rings (SSSR count). The molecule has 0 spiro atoms. The second-order valence-electron chi connectivity index (χ2n) is 27.0. The van der Waals surface area contributed by atoms with Gasteiger partial charge in [-0.1, -0.05) is 0 Å². The third-order valence-electron chi connectivity index (χ3n) is 12.6. The van der Waals surface area contributed by atoms with Crippen molar-refractivity contribution in [2.24, 2.45) is 0 Å². The molecule has 544 valence electrons. The normalized spacial score (nSPS) is 12.1. The molecule has 0 saturated carbocycles. The van der Waals surface area contributed by atoms with Crippen LogP contribution >= 0.6 is 0 Å². The van der Waals surface area contributed by atoms with E-state index in [-0.39, 0.29) is 127 Å². The van der Waals surface area contributed by atoms with Gasteiger partial charge in [-0.25, -0.2) is 114 Å². The Morgan fingerprint density at radius 1 is 0.347 bits per heavy atom. The van der Waals surface area contributed by atoms with Crippen LogP contribution in [-0.4, -0.2) is 147 Å². The zero-order chi connectivity index (χ0) is 75.2. The van der Waals surface area contributed by atoms with E-state index in [1.165, 1.54) is 23.8 Å². The van der Waals surface area contributed by atoms with Crippen molar-refractivity contribution < 1.29 is 37.9 Å². The van der Waals surface area contributed by atoms with Gasteiger partial charge in [-0.3, -0.25) is 4.57 Å². The van der Waals surface area contributed by atoms with Crippen LogP contribution in [0, 0.1) is 0 Å². The van der Waals surface area contributed by atoms with E-state index in [4.69, 9.17) is 4.74 Å². The molecule has 4 N–H and O–H groups in total. The fourth-order valence-corrected chi connectivity index (χ4v) is 8.51. The van der Waals surface area contributed by atoms with Crippen molar-refractivity contribution in [2.45, 2.75) is 318 Å². The Bertz CT molecular complexity index is 3220. The maximum absolute atomic E-state index is 12.3. The highest BCUT2D eigenvalue weighted by atomic mass is 16.6. The molecule has 1 saturated heterocycles. The molecule has 0 bridgehead atoms. The number of hydrogen-bond acceptors (Lipinski definition) is 18. The molecule has 32 nitrogen and oxygen atoms in total. The largest absolute Gasteiger partial charge is 0.446 e. The Hall–Kier alpha value is -8.35. The molecule has 1 aliphatic rings. The summed E-state index contributed by atoms with van der Waals surface area (Å²) in [6, 6.07) is -3.58. The van der Waals surface area contributed by atoms with Gasteiger partial charge in [0.05, 0.1) is 6.10 Å². The predicted octanol–water partition coefficient (Wildman–Crippen LogP) is 8.38. The Balaban J connectivity index is 0. The molecule has 0 atom stereocenters. The summed E-state index contributed by atoms with van der Waals surface area (Å²) in [6.07, 6.45) is -0.844. The number of carbonyl (C=O) groups is 6. The summed E-state index contributed by atoms with van der Waals surface area (Å²) in [6.45, 7) is 57.5. The zero-order valence-electron chi connectivity index (χ0n) is 62.6. The summed E-state index contributed by atoms with van der Waals surface area (Å²) in [5.41, 5.74) is -3.05. The Morgan fingerprint density at radius 2 is 0.611 bits per heavy atom. The summed E-state index contributed by atoms with van der Waals surface area (Å²) >= 11 is 0. The summed E-state index contributed by atoms with van der Waals surface area (Å²) in [7, 11) is 0. The van der Waals surface area contributed by atoms with Gasteiger partial charge in [-0.05, 0) is 222 Å². The van der Waals surface area contributed by atoms with Gasteiger partial charge in [0, 0.05) is 90.6 Å². The first kappa shape index (κ1) is 88.7. The van der Waals surface area contributed by atoms with Gasteiger partial charge in [0.15, 0.2) is 0 Å². The number of aromatic nitrogens is 8. The average molecular weight is 1350 g/mol. The van der Waals surface area contributed by atoms with Crippen molar-refractivity contribution in [3.63, 3.8) is 0 Å². The third-order valence-corrected chi connectivity index (χ3v) is 12.6. The van der Waals surface area contributed by atoms with E-state index in [1.807, 2.05) is 96.9 Å². The number of rotatable bonds is 17. The van der Waals surface area contributed by atoms with Crippen molar-refractivity contribution in [2.75, 3.05) is 5.32 Å². The van der Waals surface area contributed by atoms with E-state index in [2.05, 4.69) is 30.7 Å². The van der Waals surface area contributed by atoms with Crippen LogP contribution in [0.3, 0.4) is 0 Å². The SMILES string of the molecule is CC(C)N1C(=O)N(C(C)C)C1=O.CC(C)NC(=O)N(C(=O)NC(C)C)C(C)C.CC(C)NC(=O)N(C(=O)OC(C)C)C(C)C.CC(C)Nc1nc(=O)n(C(C)C)c(=O)n1C(C)C.CC(C)n1c(=O)n(C(C)C)c(=O)n(C(C)C)c1=O.CC(C)n1c(=O)oc(=O)n(C(C)C)c1=O. The minimum absolute atomic E-state index is 0.0133. The second kappa shape index (κ2) is 39.5. The number of ether oxygens (including phenoxy) is 1. The van der Waals surface area contributed by atoms with Crippen LogP contribution in [0.2, 0.25) is 0 Å². The molecule has 4 heterocycles. The van der Waals surface area contributed by atoms with Crippen molar-refractivity contribution in [3.8, 4) is 0 Å². The first-order valence-corrected chi connectivity index (χ1v) is 32.5. The number of nitrogens with one attached hydrogen (secondary N) is 4. The highest BCUT2D eigenvalue weighted by Gasteiger charge is 2.46. The van der Waals surface area contributed by atoms with E-state index in [9.17, 15) is 67.1 Å². The zero-order valence-corrected chi connectivity index (χ0v) is 62.6. The van der Waals surface area contributed by atoms with E-state index in [0.29, 0.717) is 5.95 Å². The maximum Gasteiger partial charge on any atom is 0.427 e. The van der Waals surface area contributed by atoms with Crippen molar-refractivity contribution in [1.29, 1.82) is 0 Å². The van der Waals surface area contributed by atoms with Gasteiger partial charge < -0.3 is 30.4 Å². The molecule has 32 heteroatoms. The summed E-state index contributed by atoms with van der Waals surface area (Å²) in [5.74, 6) is -1.47. The van der Waals surface area contributed by atoms with Gasteiger partial charge in [-0.15, -0.1) is 0 Å². The summed E-state index contributed by atoms with van der Waals surface area (Å²) < 4.78 is 17.4. The van der Waals surface area contributed by atoms with Gasteiger partial charge in [0.2, 0.25) is 5.95 Å². The van der Waals surface area contributed by atoms with Crippen LogP contribution in [0.15, 0.2) is 42.8 Å². The van der Waals surface area contributed by atoms with Crippen molar-refractivity contribution in [3.05, 3.63) is 84.0 Å².